The number of carbonyl (C=O) groups excluding carboxylic acids is 1. The highest BCUT2D eigenvalue weighted by molar-refractivity contribution is 6.36. The van der Waals surface area contributed by atoms with Crippen molar-refractivity contribution >= 4 is 29.1 Å². The quantitative estimate of drug-likeness (QED) is 0.794. The van der Waals surface area contributed by atoms with Crippen molar-refractivity contribution in [1.82, 2.24) is 4.90 Å². The van der Waals surface area contributed by atoms with Crippen LogP contribution in [0.5, 0.6) is 0 Å². The second kappa shape index (κ2) is 5.07. The summed E-state index contributed by atoms with van der Waals surface area (Å²) in [5.74, 6) is 0.197. The molecule has 0 atom stereocenters. The first-order valence-corrected chi connectivity index (χ1v) is 6.15. The summed E-state index contributed by atoms with van der Waals surface area (Å²) in [6.07, 6.45) is 2.70. The van der Waals surface area contributed by atoms with E-state index < -0.39 is 0 Å². The topological polar surface area (TPSA) is 20.3 Å². The fourth-order valence-electron chi connectivity index (χ4n) is 1.90. The number of hydrogen-bond acceptors (Lipinski definition) is 1. The number of nitrogens with zero attached hydrogens (tertiary/aromatic N) is 1. The number of carbonyl (C=O) groups is 1. The molecule has 0 radical (unpaired) electrons. The maximum atomic E-state index is 11.7. The Kier molecular flexibility index (Phi) is 3.72. The van der Waals surface area contributed by atoms with E-state index in [1.165, 1.54) is 0 Å². The summed E-state index contributed by atoms with van der Waals surface area (Å²) >= 11 is 12.1. The Bertz CT molecular complexity index is 386. The van der Waals surface area contributed by atoms with Crippen LogP contribution in [-0.2, 0) is 11.3 Å². The van der Waals surface area contributed by atoms with Gasteiger partial charge in [0.1, 0.15) is 0 Å². The van der Waals surface area contributed by atoms with Gasteiger partial charge in [0.25, 0.3) is 0 Å². The van der Waals surface area contributed by atoms with Crippen molar-refractivity contribution in [1.29, 1.82) is 0 Å². The minimum absolute atomic E-state index is 0.197. The second-order valence-electron chi connectivity index (χ2n) is 3.97. The van der Waals surface area contributed by atoms with Gasteiger partial charge in [-0.2, -0.15) is 0 Å². The van der Waals surface area contributed by atoms with E-state index in [4.69, 9.17) is 23.2 Å². The first kappa shape index (κ1) is 11.7. The van der Waals surface area contributed by atoms with Gasteiger partial charge in [0.15, 0.2) is 0 Å². The van der Waals surface area contributed by atoms with E-state index >= 15 is 0 Å². The first-order chi connectivity index (χ1) is 7.68. The predicted octanol–water partition coefficient (Wildman–Crippen LogP) is 3.51. The van der Waals surface area contributed by atoms with E-state index in [2.05, 4.69) is 0 Å². The molecule has 16 heavy (non-hydrogen) atoms. The Morgan fingerprint density at radius 1 is 1.19 bits per heavy atom. The van der Waals surface area contributed by atoms with E-state index in [-0.39, 0.29) is 5.91 Å². The molecule has 0 spiro atoms. The van der Waals surface area contributed by atoms with Gasteiger partial charge >= 0.3 is 0 Å². The number of rotatable bonds is 2. The maximum absolute atomic E-state index is 11.7. The number of piperidine rings is 1. The van der Waals surface area contributed by atoms with Crippen molar-refractivity contribution in [3.63, 3.8) is 0 Å². The van der Waals surface area contributed by atoms with Crippen LogP contribution < -0.4 is 0 Å². The molecule has 1 fully saturated rings. The smallest absolute Gasteiger partial charge is 0.222 e. The van der Waals surface area contributed by atoms with E-state index in [1.807, 2.05) is 11.0 Å². The van der Waals surface area contributed by atoms with E-state index in [9.17, 15) is 4.79 Å². The van der Waals surface area contributed by atoms with Gasteiger partial charge in [-0.05, 0) is 25.0 Å². The second-order valence-corrected chi connectivity index (χ2v) is 4.79. The molecular weight excluding hydrogens is 245 g/mol. The zero-order valence-corrected chi connectivity index (χ0v) is 10.4. The fourth-order valence-corrected chi connectivity index (χ4v) is 2.42. The minimum atomic E-state index is 0.197. The molecule has 0 aliphatic carbocycles. The lowest BCUT2D eigenvalue weighted by Gasteiger charge is -2.27. The van der Waals surface area contributed by atoms with Crippen molar-refractivity contribution in [3.05, 3.63) is 33.8 Å². The SMILES string of the molecule is O=C1CCCCN1Cc1c(Cl)cccc1Cl. The zero-order valence-electron chi connectivity index (χ0n) is 8.88. The lowest BCUT2D eigenvalue weighted by molar-refractivity contribution is -0.133. The predicted molar refractivity (Wildman–Crippen MR) is 65.7 cm³/mol. The number of amides is 1. The minimum Gasteiger partial charge on any atom is -0.338 e. The van der Waals surface area contributed by atoms with Gasteiger partial charge in [-0.1, -0.05) is 29.3 Å². The van der Waals surface area contributed by atoms with Gasteiger partial charge in [0, 0.05) is 35.1 Å². The van der Waals surface area contributed by atoms with Gasteiger partial charge in [-0.3, -0.25) is 4.79 Å². The molecule has 1 saturated heterocycles. The standard InChI is InChI=1S/C12H13Cl2NO/c13-10-4-3-5-11(14)9(10)8-15-7-2-1-6-12(15)16/h3-5H,1-2,6-8H2. The first-order valence-electron chi connectivity index (χ1n) is 5.39. The van der Waals surface area contributed by atoms with Gasteiger partial charge in [0.05, 0.1) is 0 Å². The molecule has 86 valence electrons. The average Bonchev–Trinajstić information content (AvgIpc) is 2.26. The molecule has 1 heterocycles. The molecule has 1 amide bonds. The normalized spacial score (nSPS) is 16.6. The monoisotopic (exact) mass is 257 g/mol. The van der Waals surface area contributed by atoms with E-state index in [1.54, 1.807) is 12.1 Å². The van der Waals surface area contributed by atoms with Crippen LogP contribution in [0, 0.1) is 0 Å². The number of likely N-dealkylation sites (tertiary alicyclic amines) is 1. The third-order valence-corrected chi connectivity index (χ3v) is 3.54. The highest BCUT2D eigenvalue weighted by atomic mass is 35.5. The van der Waals surface area contributed by atoms with Crippen LogP contribution in [0.4, 0.5) is 0 Å². The Morgan fingerprint density at radius 2 is 1.88 bits per heavy atom. The Balaban J connectivity index is 2.16. The summed E-state index contributed by atoms with van der Waals surface area (Å²) in [4.78, 5) is 13.5. The highest BCUT2D eigenvalue weighted by Gasteiger charge is 2.19. The summed E-state index contributed by atoms with van der Waals surface area (Å²) in [6, 6.07) is 5.42. The molecular formula is C12H13Cl2NO. The summed E-state index contributed by atoms with van der Waals surface area (Å²) in [7, 11) is 0. The molecule has 2 nitrogen and oxygen atoms in total. The Labute approximate surface area is 105 Å². The molecule has 1 aliphatic heterocycles. The van der Waals surface area contributed by atoms with Crippen LogP contribution in [0.3, 0.4) is 0 Å². The van der Waals surface area contributed by atoms with Crippen LogP contribution in [0.2, 0.25) is 10.0 Å². The lowest BCUT2D eigenvalue weighted by Crippen LogP contribution is -2.34. The van der Waals surface area contributed by atoms with Crippen molar-refractivity contribution in [2.75, 3.05) is 6.54 Å². The van der Waals surface area contributed by atoms with E-state index in [0.717, 1.165) is 24.9 Å². The lowest BCUT2D eigenvalue weighted by atomic mass is 10.1. The Morgan fingerprint density at radius 3 is 2.50 bits per heavy atom. The van der Waals surface area contributed by atoms with Crippen molar-refractivity contribution in [2.45, 2.75) is 25.8 Å². The Hall–Kier alpha value is -0.730. The van der Waals surface area contributed by atoms with Gasteiger partial charge in [0.2, 0.25) is 5.91 Å². The highest BCUT2D eigenvalue weighted by Crippen LogP contribution is 2.26. The van der Waals surface area contributed by atoms with Crippen molar-refractivity contribution in [2.24, 2.45) is 0 Å². The van der Waals surface area contributed by atoms with Crippen molar-refractivity contribution in [3.8, 4) is 0 Å². The summed E-state index contributed by atoms with van der Waals surface area (Å²) in [6.45, 7) is 1.33. The van der Waals surface area contributed by atoms with Gasteiger partial charge < -0.3 is 4.90 Å². The van der Waals surface area contributed by atoms with E-state index in [0.29, 0.717) is 23.0 Å². The largest absolute Gasteiger partial charge is 0.338 e. The molecule has 2 rings (SSSR count). The third-order valence-electron chi connectivity index (χ3n) is 2.83. The average molecular weight is 258 g/mol. The van der Waals surface area contributed by atoms with Gasteiger partial charge in [-0.15, -0.1) is 0 Å². The fraction of sp³-hybridized carbons (Fsp3) is 0.417. The molecule has 1 aromatic rings. The summed E-state index contributed by atoms with van der Waals surface area (Å²) in [5.41, 5.74) is 0.848. The summed E-state index contributed by atoms with van der Waals surface area (Å²) < 4.78 is 0. The van der Waals surface area contributed by atoms with Crippen LogP contribution in [-0.4, -0.2) is 17.4 Å². The van der Waals surface area contributed by atoms with Crippen molar-refractivity contribution < 1.29 is 4.79 Å². The number of benzene rings is 1. The van der Waals surface area contributed by atoms with Crippen LogP contribution in [0.1, 0.15) is 24.8 Å². The van der Waals surface area contributed by atoms with Crippen LogP contribution in [0.15, 0.2) is 18.2 Å². The molecule has 0 unspecified atom stereocenters. The van der Waals surface area contributed by atoms with Crippen LogP contribution in [0.25, 0.3) is 0 Å². The van der Waals surface area contributed by atoms with Crippen LogP contribution >= 0.6 is 23.2 Å². The molecule has 0 N–H and O–H groups in total. The maximum Gasteiger partial charge on any atom is 0.222 e. The van der Waals surface area contributed by atoms with Gasteiger partial charge in [-0.25, -0.2) is 0 Å². The third kappa shape index (κ3) is 2.50. The molecule has 0 bridgehead atoms. The zero-order chi connectivity index (χ0) is 11.5. The number of hydrogen-bond donors (Lipinski definition) is 0. The number of halogens is 2. The molecule has 0 saturated carbocycles. The molecule has 1 aliphatic rings. The molecule has 4 heteroatoms. The molecule has 1 aromatic carbocycles. The molecule has 0 aromatic heterocycles. The summed E-state index contributed by atoms with van der Waals surface area (Å²) in [5, 5.41) is 1.26.